The maximum atomic E-state index is 12.5. The molecule has 0 bridgehead atoms. The van der Waals surface area contributed by atoms with Crippen molar-refractivity contribution < 1.29 is 13.2 Å². The summed E-state index contributed by atoms with van der Waals surface area (Å²) in [6.07, 6.45) is 2.15. The fourth-order valence-electron chi connectivity index (χ4n) is 2.49. The molecule has 1 fully saturated rings. The molecular weight excluding hydrogens is 288 g/mol. The Kier molecular flexibility index (Phi) is 4.60. The first kappa shape index (κ1) is 16.3. The molecule has 0 aliphatic heterocycles. The van der Waals surface area contributed by atoms with Crippen LogP contribution >= 0.6 is 0 Å². The standard InChI is InChI=1S/C15H24N2O3S/c1-11(2)15(6-7-15)10-17-21(18,19)14-8-12(9-16)4-5-13(14)20-3/h4-5,8,11,17H,6-7,9-10,16H2,1-3H3. The molecule has 2 rings (SSSR count). The molecule has 1 saturated carbocycles. The zero-order chi connectivity index (χ0) is 15.7. The molecular formula is C15H24N2O3S. The van der Waals surface area contributed by atoms with Crippen molar-refractivity contribution in [1.29, 1.82) is 0 Å². The Bertz CT molecular complexity index is 607. The minimum absolute atomic E-state index is 0.117. The van der Waals surface area contributed by atoms with Crippen LogP contribution in [-0.4, -0.2) is 22.1 Å². The second-order valence-electron chi connectivity index (χ2n) is 6.03. The fraction of sp³-hybridized carbons (Fsp3) is 0.600. The van der Waals surface area contributed by atoms with Gasteiger partial charge in [0.2, 0.25) is 10.0 Å². The molecule has 0 atom stereocenters. The van der Waals surface area contributed by atoms with Crippen LogP contribution in [0.5, 0.6) is 5.75 Å². The lowest BCUT2D eigenvalue weighted by Gasteiger charge is -2.20. The van der Waals surface area contributed by atoms with Crippen LogP contribution in [0.15, 0.2) is 23.1 Å². The number of methoxy groups -OCH3 is 1. The first-order valence-corrected chi connectivity index (χ1v) is 8.69. The molecule has 0 unspecified atom stereocenters. The Balaban J connectivity index is 2.23. The van der Waals surface area contributed by atoms with Gasteiger partial charge in [0.15, 0.2) is 0 Å². The van der Waals surface area contributed by atoms with Crippen LogP contribution < -0.4 is 15.2 Å². The van der Waals surface area contributed by atoms with Crippen LogP contribution in [0.4, 0.5) is 0 Å². The van der Waals surface area contributed by atoms with E-state index >= 15 is 0 Å². The second-order valence-corrected chi connectivity index (χ2v) is 7.77. The zero-order valence-corrected chi connectivity index (χ0v) is 13.7. The smallest absolute Gasteiger partial charge is 0.244 e. The van der Waals surface area contributed by atoms with E-state index in [0.29, 0.717) is 24.8 Å². The summed E-state index contributed by atoms with van der Waals surface area (Å²) in [5.74, 6) is 0.812. The maximum Gasteiger partial charge on any atom is 0.244 e. The van der Waals surface area contributed by atoms with Crippen LogP contribution in [0.3, 0.4) is 0 Å². The van der Waals surface area contributed by atoms with Gasteiger partial charge in [-0.3, -0.25) is 0 Å². The van der Waals surface area contributed by atoms with Gasteiger partial charge in [-0.15, -0.1) is 0 Å². The highest BCUT2D eigenvalue weighted by Crippen LogP contribution is 2.51. The summed E-state index contributed by atoms with van der Waals surface area (Å²) in [6, 6.07) is 5.00. The van der Waals surface area contributed by atoms with Crippen molar-refractivity contribution in [2.75, 3.05) is 13.7 Å². The molecule has 1 aliphatic rings. The van der Waals surface area contributed by atoms with E-state index in [-0.39, 0.29) is 10.3 Å². The van der Waals surface area contributed by atoms with Crippen molar-refractivity contribution in [3.8, 4) is 5.75 Å². The first-order valence-electron chi connectivity index (χ1n) is 7.21. The van der Waals surface area contributed by atoms with Crippen molar-refractivity contribution in [2.45, 2.75) is 38.1 Å². The number of nitrogens with one attached hydrogen (secondary N) is 1. The third-order valence-corrected chi connectivity index (χ3v) is 5.91. The fourth-order valence-corrected chi connectivity index (χ4v) is 3.85. The highest BCUT2D eigenvalue weighted by molar-refractivity contribution is 7.89. The van der Waals surface area contributed by atoms with E-state index < -0.39 is 10.0 Å². The van der Waals surface area contributed by atoms with Gasteiger partial charge in [0.25, 0.3) is 0 Å². The third-order valence-electron chi connectivity index (χ3n) is 4.48. The molecule has 0 radical (unpaired) electrons. The Hall–Kier alpha value is -1.11. The van der Waals surface area contributed by atoms with Crippen LogP contribution in [0, 0.1) is 11.3 Å². The molecule has 1 aromatic carbocycles. The SMILES string of the molecule is COc1ccc(CN)cc1S(=O)(=O)NCC1(C(C)C)CC1. The van der Waals surface area contributed by atoms with E-state index in [4.69, 9.17) is 10.5 Å². The number of hydrogen-bond acceptors (Lipinski definition) is 4. The minimum atomic E-state index is -3.59. The molecule has 1 aromatic rings. The first-order chi connectivity index (χ1) is 9.84. The number of sulfonamides is 1. The Morgan fingerprint density at radius 3 is 2.52 bits per heavy atom. The van der Waals surface area contributed by atoms with Crippen molar-refractivity contribution in [3.05, 3.63) is 23.8 Å². The van der Waals surface area contributed by atoms with Crippen molar-refractivity contribution >= 4 is 10.0 Å². The van der Waals surface area contributed by atoms with Gasteiger partial charge in [0, 0.05) is 13.1 Å². The van der Waals surface area contributed by atoms with E-state index in [1.807, 2.05) is 0 Å². The van der Waals surface area contributed by atoms with Gasteiger partial charge in [-0.05, 0) is 41.9 Å². The van der Waals surface area contributed by atoms with Crippen LogP contribution in [-0.2, 0) is 16.6 Å². The average molecular weight is 312 g/mol. The van der Waals surface area contributed by atoms with Gasteiger partial charge in [-0.2, -0.15) is 0 Å². The molecule has 21 heavy (non-hydrogen) atoms. The third kappa shape index (κ3) is 3.39. The maximum absolute atomic E-state index is 12.5. The molecule has 118 valence electrons. The summed E-state index contributed by atoms with van der Waals surface area (Å²) in [5, 5.41) is 0. The molecule has 5 nitrogen and oxygen atoms in total. The van der Waals surface area contributed by atoms with E-state index in [1.165, 1.54) is 7.11 Å². The topological polar surface area (TPSA) is 81.4 Å². The lowest BCUT2D eigenvalue weighted by Crippen LogP contribution is -2.33. The highest BCUT2D eigenvalue weighted by Gasteiger charge is 2.45. The molecule has 0 saturated heterocycles. The van der Waals surface area contributed by atoms with Gasteiger partial charge in [0.05, 0.1) is 7.11 Å². The number of nitrogens with two attached hydrogens (primary N) is 1. The predicted molar refractivity (Wildman–Crippen MR) is 82.6 cm³/mol. The molecule has 0 heterocycles. The van der Waals surface area contributed by atoms with Gasteiger partial charge >= 0.3 is 0 Å². The van der Waals surface area contributed by atoms with E-state index in [2.05, 4.69) is 18.6 Å². The normalized spacial score (nSPS) is 17.0. The number of ether oxygens (including phenoxy) is 1. The molecule has 0 spiro atoms. The summed E-state index contributed by atoms with van der Waals surface area (Å²) >= 11 is 0. The monoisotopic (exact) mass is 312 g/mol. The summed E-state index contributed by atoms with van der Waals surface area (Å²) in [5.41, 5.74) is 6.47. The van der Waals surface area contributed by atoms with E-state index in [1.54, 1.807) is 18.2 Å². The number of benzene rings is 1. The predicted octanol–water partition coefficient (Wildman–Crippen LogP) is 1.87. The van der Waals surface area contributed by atoms with Gasteiger partial charge in [-0.25, -0.2) is 13.1 Å². The van der Waals surface area contributed by atoms with Crippen LogP contribution in [0.1, 0.15) is 32.3 Å². The van der Waals surface area contributed by atoms with Crippen LogP contribution in [0.2, 0.25) is 0 Å². The lowest BCUT2D eigenvalue weighted by molar-refractivity contribution is 0.357. The molecule has 6 heteroatoms. The second kappa shape index (κ2) is 5.94. The van der Waals surface area contributed by atoms with Gasteiger partial charge in [0.1, 0.15) is 10.6 Å². The molecule has 0 aromatic heterocycles. The summed E-state index contributed by atoms with van der Waals surface area (Å²) in [4.78, 5) is 0.160. The van der Waals surface area contributed by atoms with Crippen molar-refractivity contribution in [2.24, 2.45) is 17.1 Å². The average Bonchev–Trinajstić information content (AvgIpc) is 3.26. The van der Waals surface area contributed by atoms with Crippen molar-refractivity contribution in [1.82, 2.24) is 4.72 Å². The summed E-state index contributed by atoms with van der Waals surface area (Å²) in [7, 11) is -2.13. The Morgan fingerprint density at radius 1 is 1.38 bits per heavy atom. The lowest BCUT2D eigenvalue weighted by atomic mass is 9.93. The van der Waals surface area contributed by atoms with Crippen LogP contribution in [0.25, 0.3) is 0 Å². The quantitative estimate of drug-likeness (QED) is 0.805. The minimum Gasteiger partial charge on any atom is -0.495 e. The van der Waals surface area contributed by atoms with Gasteiger partial charge < -0.3 is 10.5 Å². The Morgan fingerprint density at radius 2 is 2.05 bits per heavy atom. The largest absolute Gasteiger partial charge is 0.495 e. The zero-order valence-electron chi connectivity index (χ0n) is 12.8. The summed E-state index contributed by atoms with van der Waals surface area (Å²) < 4.78 is 33.0. The van der Waals surface area contributed by atoms with Crippen molar-refractivity contribution in [3.63, 3.8) is 0 Å². The molecule has 0 amide bonds. The number of hydrogen-bond donors (Lipinski definition) is 2. The highest BCUT2D eigenvalue weighted by atomic mass is 32.2. The Labute approximate surface area is 126 Å². The molecule has 1 aliphatic carbocycles. The van der Waals surface area contributed by atoms with Gasteiger partial charge in [-0.1, -0.05) is 19.9 Å². The summed E-state index contributed by atoms with van der Waals surface area (Å²) in [6.45, 7) is 5.04. The number of rotatable bonds is 7. The van der Waals surface area contributed by atoms with E-state index in [0.717, 1.165) is 18.4 Å². The molecule has 3 N–H and O–H groups in total. The van der Waals surface area contributed by atoms with E-state index in [9.17, 15) is 8.42 Å².